The van der Waals surface area contributed by atoms with Crippen LogP contribution in [-0.2, 0) is 9.59 Å². The van der Waals surface area contributed by atoms with Crippen LogP contribution in [0.1, 0.15) is 58.1 Å². The fourth-order valence-corrected chi connectivity index (χ4v) is 3.00. The molecular weight excluding hydrogens is 318 g/mol. The highest BCUT2D eigenvalue weighted by Crippen LogP contribution is 2.38. The Morgan fingerprint density at radius 1 is 1.16 bits per heavy atom. The average Bonchev–Trinajstić information content (AvgIpc) is 2.89. The first-order valence-corrected chi connectivity index (χ1v) is 9.05. The zero-order chi connectivity index (χ0) is 18.4. The van der Waals surface area contributed by atoms with E-state index in [1.807, 2.05) is 38.1 Å². The van der Waals surface area contributed by atoms with Crippen LogP contribution in [-0.4, -0.2) is 34.8 Å². The van der Waals surface area contributed by atoms with Crippen LogP contribution in [0.4, 0.5) is 0 Å². The molecule has 2 rings (SSSR count). The number of carbonyl (C=O) groups is 2. The van der Waals surface area contributed by atoms with Gasteiger partial charge in [-0.05, 0) is 30.5 Å². The van der Waals surface area contributed by atoms with Gasteiger partial charge in [-0.3, -0.25) is 9.59 Å². The Morgan fingerprint density at radius 2 is 1.84 bits per heavy atom. The SMILES string of the molecule is CCCCN1C(=O)C(O)=C(C(=O)CC)C1c1ccc(OCCC)cc1. The van der Waals surface area contributed by atoms with Crippen molar-refractivity contribution in [2.75, 3.05) is 13.2 Å². The van der Waals surface area contributed by atoms with Gasteiger partial charge >= 0.3 is 0 Å². The molecule has 0 saturated carbocycles. The summed E-state index contributed by atoms with van der Waals surface area (Å²) < 4.78 is 5.59. The number of ether oxygens (including phenoxy) is 1. The summed E-state index contributed by atoms with van der Waals surface area (Å²) in [6.45, 7) is 6.98. The number of Topliss-reactive ketones (excluding diaryl/α,β-unsaturated/α-hetero) is 1. The molecule has 1 aliphatic heterocycles. The fraction of sp³-hybridized carbons (Fsp3) is 0.500. The molecule has 0 aliphatic carbocycles. The van der Waals surface area contributed by atoms with Gasteiger partial charge < -0.3 is 14.7 Å². The molecule has 25 heavy (non-hydrogen) atoms. The number of ketones is 1. The maximum atomic E-state index is 12.5. The van der Waals surface area contributed by atoms with Gasteiger partial charge in [0.25, 0.3) is 5.91 Å². The van der Waals surface area contributed by atoms with Gasteiger partial charge in [-0.25, -0.2) is 0 Å². The summed E-state index contributed by atoms with van der Waals surface area (Å²) in [6.07, 6.45) is 2.93. The van der Waals surface area contributed by atoms with Crippen molar-refractivity contribution < 1.29 is 19.4 Å². The lowest BCUT2D eigenvalue weighted by molar-refractivity contribution is -0.129. The van der Waals surface area contributed by atoms with Crippen LogP contribution >= 0.6 is 0 Å². The predicted octanol–water partition coefficient (Wildman–Crippen LogP) is 3.95. The van der Waals surface area contributed by atoms with Crippen molar-refractivity contribution in [1.29, 1.82) is 0 Å². The molecule has 0 saturated heterocycles. The standard InChI is InChI=1S/C20H27NO4/c1-4-7-12-21-18(17(16(22)6-3)19(23)20(21)24)14-8-10-15(11-9-14)25-13-5-2/h8-11,18,23H,4-7,12-13H2,1-3H3. The van der Waals surface area contributed by atoms with Crippen molar-refractivity contribution in [3.63, 3.8) is 0 Å². The molecule has 136 valence electrons. The van der Waals surface area contributed by atoms with Gasteiger partial charge in [-0.15, -0.1) is 0 Å². The summed E-state index contributed by atoms with van der Waals surface area (Å²) in [7, 11) is 0. The molecule has 0 spiro atoms. The summed E-state index contributed by atoms with van der Waals surface area (Å²) in [4.78, 5) is 26.4. The third-order valence-corrected chi connectivity index (χ3v) is 4.35. The minimum atomic E-state index is -0.522. The Labute approximate surface area is 149 Å². The van der Waals surface area contributed by atoms with Gasteiger partial charge in [0, 0.05) is 13.0 Å². The van der Waals surface area contributed by atoms with E-state index in [0.29, 0.717) is 13.2 Å². The molecule has 1 aromatic carbocycles. The lowest BCUT2D eigenvalue weighted by Gasteiger charge is -2.26. The molecule has 5 heteroatoms. The number of nitrogens with zero attached hydrogens (tertiary/aromatic N) is 1. The number of benzene rings is 1. The maximum Gasteiger partial charge on any atom is 0.290 e. The second kappa shape index (κ2) is 8.70. The van der Waals surface area contributed by atoms with Gasteiger partial charge in [0.2, 0.25) is 0 Å². The average molecular weight is 345 g/mol. The van der Waals surface area contributed by atoms with Crippen molar-refractivity contribution in [1.82, 2.24) is 4.90 Å². The van der Waals surface area contributed by atoms with Crippen molar-refractivity contribution in [3.05, 3.63) is 41.2 Å². The molecule has 1 aromatic rings. The van der Waals surface area contributed by atoms with Crippen LogP contribution in [0.15, 0.2) is 35.6 Å². The smallest absolute Gasteiger partial charge is 0.290 e. The highest BCUT2D eigenvalue weighted by molar-refractivity contribution is 6.08. The van der Waals surface area contributed by atoms with Gasteiger partial charge in [0.15, 0.2) is 11.5 Å². The minimum absolute atomic E-state index is 0.193. The normalized spacial score (nSPS) is 17.3. The number of aliphatic hydroxyl groups excluding tert-OH is 1. The van der Waals surface area contributed by atoms with Crippen molar-refractivity contribution in [2.45, 2.75) is 52.5 Å². The quantitative estimate of drug-likeness (QED) is 0.736. The molecule has 1 N–H and O–H groups in total. The molecule has 0 radical (unpaired) electrons. The van der Waals surface area contributed by atoms with Crippen molar-refractivity contribution >= 4 is 11.7 Å². The second-order valence-electron chi connectivity index (χ2n) is 6.21. The van der Waals surface area contributed by atoms with Crippen LogP contribution in [0.3, 0.4) is 0 Å². The van der Waals surface area contributed by atoms with E-state index in [2.05, 4.69) is 0 Å². The molecule has 0 fully saturated rings. The summed E-state index contributed by atoms with van der Waals surface area (Å²) in [5, 5.41) is 10.3. The Hall–Kier alpha value is -2.30. The second-order valence-corrected chi connectivity index (χ2v) is 6.21. The van der Waals surface area contributed by atoms with E-state index in [0.717, 1.165) is 30.6 Å². The first-order valence-electron chi connectivity index (χ1n) is 9.05. The predicted molar refractivity (Wildman–Crippen MR) is 96.5 cm³/mol. The topological polar surface area (TPSA) is 66.8 Å². The largest absolute Gasteiger partial charge is 0.503 e. The number of unbranched alkanes of at least 4 members (excludes halogenated alkanes) is 1. The van der Waals surface area contributed by atoms with Gasteiger partial charge in [-0.2, -0.15) is 0 Å². The lowest BCUT2D eigenvalue weighted by Crippen LogP contribution is -2.32. The molecule has 0 aromatic heterocycles. The highest BCUT2D eigenvalue weighted by Gasteiger charge is 2.42. The van der Waals surface area contributed by atoms with Crippen molar-refractivity contribution in [3.8, 4) is 5.75 Å². The van der Waals surface area contributed by atoms with Gasteiger partial charge in [-0.1, -0.05) is 39.3 Å². The molecule has 1 aliphatic rings. The van der Waals surface area contributed by atoms with Gasteiger partial charge in [0.05, 0.1) is 18.2 Å². The third-order valence-electron chi connectivity index (χ3n) is 4.35. The molecule has 0 bridgehead atoms. The summed E-state index contributed by atoms with van der Waals surface area (Å²) in [5.74, 6) is -0.298. The maximum absolute atomic E-state index is 12.5. The Balaban J connectivity index is 2.36. The Bertz CT molecular complexity index is 648. The summed E-state index contributed by atoms with van der Waals surface area (Å²) in [5.41, 5.74) is 1.03. The molecular formula is C20H27NO4. The minimum Gasteiger partial charge on any atom is -0.503 e. The van der Waals surface area contributed by atoms with Crippen LogP contribution in [0.25, 0.3) is 0 Å². The number of hydrogen-bond acceptors (Lipinski definition) is 4. The number of amides is 1. The first-order chi connectivity index (χ1) is 12.0. The van der Waals surface area contributed by atoms with E-state index in [9.17, 15) is 14.7 Å². The molecule has 1 heterocycles. The van der Waals surface area contributed by atoms with Crippen molar-refractivity contribution in [2.24, 2.45) is 0 Å². The molecule has 1 unspecified atom stereocenters. The number of carbonyl (C=O) groups excluding carboxylic acids is 2. The number of hydrogen-bond donors (Lipinski definition) is 1. The van der Waals surface area contributed by atoms with Crippen LogP contribution < -0.4 is 4.74 Å². The van der Waals surface area contributed by atoms with E-state index in [1.54, 1.807) is 11.8 Å². The number of aliphatic hydroxyl groups is 1. The van der Waals surface area contributed by atoms with E-state index in [4.69, 9.17) is 4.74 Å². The van der Waals surface area contributed by atoms with E-state index in [1.165, 1.54) is 0 Å². The molecule has 5 nitrogen and oxygen atoms in total. The van der Waals surface area contributed by atoms with Gasteiger partial charge in [0.1, 0.15) is 5.75 Å². The zero-order valence-corrected chi connectivity index (χ0v) is 15.2. The third kappa shape index (κ3) is 4.03. The number of rotatable bonds is 9. The zero-order valence-electron chi connectivity index (χ0n) is 15.2. The summed E-state index contributed by atoms with van der Waals surface area (Å²) in [6, 6.07) is 6.90. The molecule has 1 amide bonds. The molecule has 1 atom stereocenters. The fourth-order valence-electron chi connectivity index (χ4n) is 3.00. The Kier molecular flexibility index (Phi) is 6.62. The first kappa shape index (κ1) is 19.0. The van der Waals surface area contributed by atoms with Crippen LogP contribution in [0.2, 0.25) is 0 Å². The van der Waals surface area contributed by atoms with Crippen LogP contribution in [0.5, 0.6) is 5.75 Å². The van der Waals surface area contributed by atoms with E-state index >= 15 is 0 Å². The Morgan fingerprint density at radius 3 is 2.40 bits per heavy atom. The monoisotopic (exact) mass is 345 g/mol. The van der Waals surface area contributed by atoms with E-state index < -0.39 is 17.7 Å². The summed E-state index contributed by atoms with van der Waals surface area (Å²) >= 11 is 0. The van der Waals surface area contributed by atoms with Crippen LogP contribution in [0, 0.1) is 0 Å². The van der Waals surface area contributed by atoms with E-state index in [-0.39, 0.29) is 17.8 Å². The highest BCUT2D eigenvalue weighted by atomic mass is 16.5. The lowest BCUT2D eigenvalue weighted by atomic mass is 9.95.